The second-order valence-corrected chi connectivity index (χ2v) is 8.27. The predicted octanol–water partition coefficient (Wildman–Crippen LogP) is 4.10. The maximum atomic E-state index is 13.1. The number of hydrogen-bond donors (Lipinski definition) is 1. The van der Waals surface area contributed by atoms with Crippen LogP contribution in [0, 0.1) is 6.92 Å². The van der Waals surface area contributed by atoms with Crippen LogP contribution in [-0.4, -0.2) is 34.9 Å². The third-order valence-electron chi connectivity index (χ3n) is 4.46. The van der Waals surface area contributed by atoms with Gasteiger partial charge in [-0.05, 0) is 51.8 Å². The Kier molecular flexibility index (Phi) is 7.82. The molecule has 156 valence electrons. The lowest BCUT2D eigenvalue weighted by atomic mass is 10.1. The van der Waals surface area contributed by atoms with Gasteiger partial charge in [-0.3, -0.25) is 9.59 Å². The first-order valence-electron chi connectivity index (χ1n) is 10.0. The highest BCUT2D eigenvalue weighted by molar-refractivity contribution is 5.88. The number of nitrogens with zero attached hydrogens (tertiary/aromatic N) is 1. The summed E-state index contributed by atoms with van der Waals surface area (Å²) in [6.45, 7) is 9.95. The molecule has 0 aliphatic heterocycles. The zero-order valence-corrected chi connectivity index (χ0v) is 18.1. The van der Waals surface area contributed by atoms with Crippen molar-refractivity contribution in [3.8, 4) is 5.75 Å². The fraction of sp³-hybridized carbons (Fsp3) is 0.417. The van der Waals surface area contributed by atoms with Gasteiger partial charge in [-0.1, -0.05) is 55.0 Å². The normalized spacial score (nSPS) is 12.2. The number of rotatable bonds is 8. The Labute approximate surface area is 174 Å². The summed E-state index contributed by atoms with van der Waals surface area (Å²) in [6, 6.07) is 16.7. The van der Waals surface area contributed by atoms with Gasteiger partial charge in [0.1, 0.15) is 11.8 Å². The van der Waals surface area contributed by atoms with E-state index in [0.717, 1.165) is 11.1 Å². The van der Waals surface area contributed by atoms with Gasteiger partial charge in [0.25, 0.3) is 5.91 Å². The molecule has 0 aliphatic carbocycles. The van der Waals surface area contributed by atoms with E-state index in [2.05, 4.69) is 5.32 Å². The molecule has 0 heterocycles. The van der Waals surface area contributed by atoms with Crippen LogP contribution in [-0.2, 0) is 16.1 Å². The van der Waals surface area contributed by atoms with Crippen molar-refractivity contribution in [1.82, 2.24) is 10.2 Å². The highest BCUT2D eigenvalue weighted by Crippen LogP contribution is 2.16. The standard InChI is InChI=1S/C24H32N2O3/c1-6-21(23(28)25-24(3,4)5)26(16-19-10-8-7-9-11-19)22(27)17-29-20-14-12-18(2)13-15-20/h7-15,21H,6,16-17H2,1-5H3,(H,25,28). The summed E-state index contributed by atoms with van der Waals surface area (Å²) in [5.74, 6) is 0.265. The van der Waals surface area contributed by atoms with Crippen molar-refractivity contribution < 1.29 is 14.3 Å². The summed E-state index contributed by atoms with van der Waals surface area (Å²) in [7, 11) is 0. The van der Waals surface area contributed by atoms with Crippen LogP contribution in [0.15, 0.2) is 54.6 Å². The molecule has 0 aromatic heterocycles. The number of nitrogens with one attached hydrogen (secondary N) is 1. The van der Waals surface area contributed by atoms with Gasteiger partial charge in [-0.25, -0.2) is 0 Å². The van der Waals surface area contributed by atoms with E-state index in [4.69, 9.17) is 4.74 Å². The molecule has 0 fully saturated rings. The van der Waals surface area contributed by atoms with E-state index in [-0.39, 0.29) is 24.0 Å². The smallest absolute Gasteiger partial charge is 0.261 e. The maximum Gasteiger partial charge on any atom is 0.261 e. The van der Waals surface area contributed by atoms with E-state index in [0.29, 0.717) is 18.7 Å². The molecule has 29 heavy (non-hydrogen) atoms. The molecule has 2 aromatic rings. The SMILES string of the molecule is CCC(C(=O)NC(C)(C)C)N(Cc1ccccc1)C(=O)COc1ccc(C)cc1. The number of carbonyl (C=O) groups is 2. The van der Waals surface area contributed by atoms with Crippen LogP contribution in [0.2, 0.25) is 0 Å². The minimum atomic E-state index is -0.566. The van der Waals surface area contributed by atoms with E-state index < -0.39 is 6.04 Å². The average Bonchev–Trinajstić information content (AvgIpc) is 2.66. The molecule has 0 bridgehead atoms. The third kappa shape index (κ3) is 7.26. The molecule has 1 N–H and O–H groups in total. The zero-order chi connectivity index (χ0) is 21.4. The minimum Gasteiger partial charge on any atom is -0.484 e. The summed E-state index contributed by atoms with van der Waals surface area (Å²) in [6.07, 6.45) is 0.519. The van der Waals surface area contributed by atoms with Crippen molar-refractivity contribution in [3.05, 3.63) is 65.7 Å². The predicted molar refractivity (Wildman–Crippen MR) is 116 cm³/mol. The van der Waals surface area contributed by atoms with E-state index in [1.807, 2.05) is 89.2 Å². The summed E-state index contributed by atoms with van der Waals surface area (Å²) in [5.41, 5.74) is 1.72. The molecule has 5 nitrogen and oxygen atoms in total. The number of amides is 2. The molecular weight excluding hydrogens is 364 g/mol. The monoisotopic (exact) mass is 396 g/mol. The first-order chi connectivity index (χ1) is 13.7. The van der Waals surface area contributed by atoms with Crippen LogP contribution in [0.4, 0.5) is 0 Å². The maximum absolute atomic E-state index is 13.1. The van der Waals surface area contributed by atoms with Gasteiger partial charge >= 0.3 is 0 Å². The lowest BCUT2D eigenvalue weighted by Gasteiger charge is -2.33. The number of carbonyl (C=O) groups excluding carboxylic acids is 2. The Morgan fingerprint density at radius 2 is 1.66 bits per heavy atom. The summed E-state index contributed by atoms with van der Waals surface area (Å²) < 4.78 is 5.69. The minimum absolute atomic E-state index is 0.116. The van der Waals surface area contributed by atoms with Crippen LogP contribution >= 0.6 is 0 Å². The molecule has 1 unspecified atom stereocenters. The first kappa shape index (κ1) is 22.5. The van der Waals surface area contributed by atoms with Crippen LogP contribution in [0.25, 0.3) is 0 Å². The molecule has 5 heteroatoms. The van der Waals surface area contributed by atoms with E-state index in [1.165, 1.54) is 0 Å². The number of benzene rings is 2. The third-order valence-corrected chi connectivity index (χ3v) is 4.46. The molecule has 0 saturated heterocycles. The van der Waals surface area contributed by atoms with Crippen LogP contribution < -0.4 is 10.1 Å². The highest BCUT2D eigenvalue weighted by atomic mass is 16.5. The number of ether oxygens (including phenoxy) is 1. The zero-order valence-electron chi connectivity index (χ0n) is 18.1. The Balaban J connectivity index is 2.19. The van der Waals surface area contributed by atoms with Crippen molar-refractivity contribution in [3.63, 3.8) is 0 Å². The fourth-order valence-electron chi connectivity index (χ4n) is 3.02. The second-order valence-electron chi connectivity index (χ2n) is 8.27. The lowest BCUT2D eigenvalue weighted by Crippen LogP contribution is -2.54. The quantitative estimate of drug-likeness (QED) is 0.731. The van der Waals surface area contributed by atoms with Crippen molar-refractivity contribution in [2.75, 3.05) is 6.61 Å². The lowest BCUT2D eigenvalue weighted by molar-refractivity contribution is -0.143. The van der Waals surface area contributed by atoms with Crippen LogP contribution in [0.3, 0.4) is 0 Å². The molecule has 0 radical (unpaired) electrons. The Morgan fingerprint density at radius 1 is 1.03 bits per heavy atom. The molecular formula is C24H32N2O3. The summed E-state index contributed by atoms with van der Waals surface area (Å²) in [5, 5.41) is 3.00. The van der Waals surface area contributed by atoms with E-state index >= 15 is 0 Å². The molecule has 0 aliphatic rings. The van der Waals surface area contributed by atoms with Crippen molar-refractivity contribution in [2.45, 2.75) is 59.2 Å². The second kappa shape index (κ2) is 10.1. The molecule has 2 aromatic carbocycles. The fourth-order valence-corrected chi connectivity index (χ4v) is 3.02. The van der Waals surface area contributed by atoms with Crippen LogP contribution in [0.1, 0.15) is 45.2 Å². The van der Waals surface area contributed by atoms with Crippen LogP contribution in [0.5, 0.6) is 5.75 Å². The van der Waals surface area contributed by atoms with E-state index in [1.54, 1.807) is 4.90 Å². The van der Waals surface area contributed by atoms with Gasteiger partial charge in [0.2, 0.25) is 5.91 Å². The van der Waals surface area contributed by atoms with Gasteiger partial charge in [0.15, 0.2) is 6.61 Å². The van der Waals surface area contributed by atoms with Gasteiger partial charge in [0.05, 0.1) is 0 Å². The molecule has 0 saturated carbocycles. The topological polar surface area (TPSA) is 58.6 Å². The van der Waals surface area contributed by atoms with Crippen molar-refractivity contribution in [2.24, 2.45) is 0 Å². The summed E-state index contributed by atoms with van der Waals surface area (Å²) in [4.78, 5) is 27.6. The average molecular weight is 397 g/mol. The number of aryl methyl sites for hydroxylation is 1. The Hall–Kier alpha value is -2.82. The van der Waals surface area contributed by atoms with Crippen molar-refractivity contribution in [1.29, 1.82) is 0 Å². The highest BCUT2D eigenvalue weighted by Gasteiger charge is 2.30. The summed E-state index contributed by atoms with van der Waals surface area (Å²) >= 11 is 0. The van der Waals surface area contributed by atoms with Crippen molar-refractivity contribution >= 4 is 11.8 Å². The Morgan fingerprint density at radius 3 is 2.21 bits per heavy atom. The Bertz CT molecular complexity index is 795. The number of hydrogen-bond acceptors (Lipinski definition) is 3. The first-order valence-corrected chi connectivity index (χ1v) is 10.0. The molecule has 2 amide bonds. The van der Waals surface area contributed by atoms with Gasteiger partial charge < -0.3 is 15.0 Å². The molecule has 1 atom stereocenters. The molecule has 2 rings (SSSR count). The van der Waals surface area contributed by atoms with Gasteiger partial charge in [0, 0.05) is 12.1 Å². The van der Waals surface area contributed by atoms with E-state index in [9.17, 15) is 9.59 Å². The van der Waals surface area contributed by atoms with Gasteiger partial charge in [-0.2, -0.15) is 0 Å². The largest absolute Gasteiger partial charge is 0.484 e. The van der Waals surface area contributed by atoms with Gasteiger partial charge in [-0.15, -0.1) is 0 Å². The molecule has 0 spiro atoms.